The summed E-state index contributed by atoms with van der Waals surface area (Å²) in [6.07, 6.45) is 3.12. The van der Waals surface area contributed by atoms with E-state index >= 15 is 0 Å². The predicted octanol–water partition coefficient (Wildman–Crippen LogP) is 2.61. The molecule has 2 aromatic heterocycles. The highest BCUT2D eigenvalue weighted by molar-refractivity contribution is 6.06. The Balaban J connectivity index is 2.10. The molecule has 1 aliphatic heterocycles. The molecule has 0 aliphatic carbocycles. The van der Waals surface area contributed by atoms with E-state index < -0.39 is 0 Å². The van der Waals surface area contributed by atoms with Crippen molar-refractivity contribution in [2.24, 2.45) is 5.73 Å². The molecule has 124 valence electrons. The zero-order valence-electron chi connectivity index (χ0n) is 14.0. The molecular formula is C17H24N4O2. The largest absolute Gasteiger partial charge is 0.335 e. The Morgan fingerprint density at radius 3 is 2.96 bits per heavy atom. The van der Waals surface area contributed by atoms with Crippen LogP contribution in [0, 0.1) is 6.92 Å². The average Bonchev–Trinajstić information content (AvgIpc) is 2.97. The molecule has 1 atom stereocenters. The Morgan fingerprint density at radius 2 is 2.26 bits per heavy atom. The molecule has 1 aliphatic rings. The van der Waals surface area contributed by atoms with Crippen LogP contribution >= 0.6 is 0 Å². The highest BCUT2D eigenvalue weighted by atomic mass is 16.5. The number of hydrogen-bond donors (Lipinski definition) is 1. The second-order valence-corrected chi connectivity index (χ2v) is 6.60. The zero-order chi connectivity index (χ0) is 16.6. The fourth-order valence-electron chi connectivity index (χ4n) is 3.33. The number of piperidine rings is 1. The van der Waals surface area contributed by atoms with E-state index in [1.165, 1.54) is 0 Å². The summed E-state index contributed by atoms with van der Waals surface area (Å²) in [5.41, 5.74) is 8.50. The van der Waals surface area contributed by atoms with Crippen molar-refractivity contribution in [3.8, 4) is 0 Å². The van der Waals surface area contributed by atoms with Crippen LogP contribution in [-0.2, 0) is 0 Å². The van der Waals surface area contributed by atoms with E-state index in [9.17, 15) is 4.79 Å². The lowest BCUT2D eigenvalue weighted by atomic mass is 9.98. The monoisotopic (exact) mass is 316 g/mol. The number of rotatable bonds is 3. The number of aromatic nitrogens is 2. The van der Waals surface area contributed by atoms with E-state index in [1.807, 2.05) is 31.7 Å². The Hall–Kier alpha value is -1.95. The van der Waals surface area contributed by atoms with E-state index in [0.717, 1.165) is 42.6 Å². The number of likely N-dealkylation sites (tertiary alicyclic amines) is 1. The van der Waals surface area contributed by atoms with Crippen LogP contribution in [0.3, 0.4) is 0 Å². The van der Waals surface area contributed by atoms with Gasteiger partial charge in [0.1, 0.15) is 0 Å². The first-order valence-corrected chi connectivity index (χ1v) is 8.31. The maximum Gasteiger partial charge on any atom is 0.259 e. The normalized spacial score (nSPS) is 18.8. The third kappa shape index (κ3) is 2.83. The number of amides is 1. The van der Waals surface area contributed by atoms with Gasteiger partial charge in [-0.15, -0.1) is 0 Å². The molecular weight excluding hydrogens is 292 g/mol. The van der Waals surface area contributed by atoms with Crippen molar-refractivity contribution in [2.75, 3.05) is 13.1 Å². The van der Waals surface area contributed by atoms with Gasteiger partial charge in [-0.05, 0) is 38.2 Å². The molecule has 2 N–H and O–H groups in total. The zero-order valence-corrected chi connectivity index (χ0v) is 14.0. The minimum Gasteiger partial charge on any atom is -0.335 e. The predicted molar refractivity (Wildman–Crippen MR) is 88.4 cm³/mol. The Bertz CT molecular complexity index is 723. The summed E-state index contributed by atoms with van der Waals surface area (Å²) in [5.74, 6) is 0.180. The second kappa shape index (κ2) is 6.28. The lowest BCUT2D eigenvalue weighted by Crippen LogP contribution is -2.47. The summed E-state index contributed by atoms with van der Waals surface area (Å²) < 4.78 is 5.37. The van der Waals surface area contributed by atoms with Crippen LogP contribution in [0.2, 0.25) is 0 Å². The van der Waals surface area contributed by atoms with E-state index in [2.05, 4.69) is 10.1 Å². The molecule has 2 aromatic rings. The molecule has 1 amide bonds. The number of pyridine rings is 1. The van der Waals surface area contributed by atoms with Crippen molar-refractivity contribution in [1.29, 1.82) is 0 Å². The number of aryl methyl sites for hydroxylation is 1. The second-order valence-electron chi connectivity index (χ2n) is 6.60. The summed E-state index contributed by atoms with van der Waals surface area (Å²) >= 11 is 0. The van der Waals surface area contributed by atoms with Gasteiger partial charge in [-0.25, -0.2) is 4.98 Å². The summed E-state index contributed by atoms with van der Waals surface area (Å²) in [6, 6.07) is 1.96. The van der Waals surface area contributed by atoms with Crippen molar-refractivity contribution in [3.05, 3.63) is 23.0 Å². The molecule has 0 bridgehead atoms. The molecule has 3 rings (SSSR count). The topological polar surface area (TPSA) is 85.2 Å². The molecule has 6 nitrogen and oxygen atoms in total. The third-order valence-electron chi connectivity index (χ3n) is 4.54. The standard InChI is InChI=1S/C17H24N4O2/c1-10(2)15-14-13(8-11(3)19-16(14)23-20-15)17(22)21-7-5-4-6-12(21)9-18/h8,10,12H,4-7,9,18H2,1-3H3. The van der Waals surface area contributed by atoms with Crippen molar-refractivity contribution in [2.45, 2.75) is 52.0 Å². The maximum atomic E-state index is 13.2. The number of nitrogens with zero attached hydrogens (tertiary/aromatic N) is 3. The van der Waals surface area contributed by atoms with Crippen molar-refractivity contribution in [3.63, 3.8) is 0 Å². The first-order chi connectivity index (χ1) is 11.0. The highest BCUT2D eigenvalue weighted by Crippen LogP contribution is 2.29. The smallest absolute Gasteiger partial charge is 0.259 e. The highest BCUT2D eigenvalue weighted by Gasteiger charge is 2.30. The van der Waals surface area contributed by atoms with Gasteiger partial charge < -0.3 is 15.2 Å². The van der Waals surface area contributed by atoms with Gasteiger partial charge in [0.15, 0.2) is 0 Å². The van der Waals surface area contributed by atoms with Crippen molar-refractivity contribution in [1.82, 2.24) is 15.0 Å². The number of carbonyl (C=O) groups is 1. The van der Waals surface area contributed by atoms with Crippen LogP contribution in [-0.4, -0.2) is 40.1 Å². The summed E-state index contributed by atoms with van der Waals surface area (Å²) in [4.78, 5) is 19.5. The Labute approximate surface area is 136 Å². The summed E-state index contributed by atoms with van der Waals surface area (Å²) in [7, 11) is 0. The average molecular weight is 316 g/mol. The minimum absolute atomic E-state index is 0.0146. The van der Waals surface area contributed by atoms with Gasteiger partial charge in [-0.2, -0.15) is 0 Å². The molecule has 0 aromatic carbocycles. The number of nitrogens with two attached hydrogens (primary N) is 1. The van der Waals surface area contributed by atoms with Gasteiger partial charge in [0, 0.05) is 24.8 Å². The Kier molecular flexibility index (Phi) is 4.35. The van der Waals surface area contributed by atoms with Gasteiger partial charge in [-0.1, -0.05) is 19.0 Å². The number of fused-ring (bicyclic) bond motifs is 1. The molecule has 1 unspecified atom stereocenters. The third-order valence-corrected chi connectivity index (χ3v) is 4.54. The SMILES string of the molecule is Cc1cc(C(=O)N2CCCCC2CN)c2c(C(C)C)noc2n1. The number of hydrogen-bond acceptors (Lipinski definition) is 5. The molecule has 0 saturated carbocycles. The fourth-order valence-corrected chi connectivity index (χ4v) is 3.33. The van der Waals surface area contributed by atoms with Crippen molar-refractivity contribution < 1.29 is 9.32 Å². The van der Waals surface area contributed by atoms with Gasteiger partial charge in [0.25, 0.3) is 11.6 Å². The van der Waals surface area contributed by atoms with E-state index in [-0.39, 0.29) is 17.9 Å². The molecule has 0 spiro atoms. The fraction of sp³-hybridized carbons (Fsp3) is 0.588. The van der Waals surface area contributed by atoms with E-state index in [4.69, 9.17) is 10.3 Å². The molecule has 6 heteroatoms. The molecule has 1 saturated heterocycles. The molecule has 3 heterocycles. The quantitative estimate of drug-likeness (QED) is 0.940. The maximum absolute atomic E-state index is 13.2. The van der Waals surface area contributed by atoms with E-state index in [0.29, 0.717) is 17.8 Å². The van der Waals surface area contributed by atoms with Gasteiger partial charge >= 0.3 is 0 Å². The Morgan fingerprint density at radius 1 is 1.48 bits per heavy atom. The van der Waals surface area contributed by atoms with Crippen LogP contribution in [0.4, 0.5) is 0 Å². The molecule has 1 fully saturated rings. The summed E-state index contributed by atoms with van der Waals surface area (Å²) in [5, 5.41) is 4.88. The molecule has 23 heavy (non-hydrogen) atoms. The lowest BCUT2D eigenvalue weighted by Gasteiger charge is -2.35. The van der Waals surface area contributed by atoms with E-state index in [1.54, 1.807) is 0 Å². The van der Waals surface area contributed by atoms with Gasteiger partial charge in [-0.3, -0.25) is 4.79 Å². The first-order valence-electron chi connectivity index (χ1n) is 8.31. The lowest BCUT2D eigenvalue weighted by molar-refractivity contribution is 0.0625. The molecule has 0 radical (unpaired) electrons. The van der Waals surface area contributed by atoms with Gasteiger partial charge in [0.2, 0.25) is 0 Å². The van der Waals surface area contributed by atoms with Crippen LogP contribution in [0.15, 0.2) is 10.6 Å². The number of carbonyl (C=O) groups excluding carboxylic acids is 1. The van der Waals surface area contributed by atoms with Crippen molar-refractivity contribution >= 4 is 17.0 Å². The van der Waals surface area contributed by atoms with Crippen LogP contribution in [0.5, 0.6) is 0 Å². The minimum atomic E-state index is 0.0146. The summed E-state index contributed by atoms with van der Waals surface area (Å²) in [6.45, 7) is 7.19. The van der Waals surface area contributed by atoms with Crippen LogP contribution < -0.4 is 5.73 Å². The van der Waals surface area contributed by atoms with Gasteiger partial charge in [0.05, 0.1) is 16.6 Å². The van der Waals surface area contributed by atoms with Crippen LogP contribution in [0.1, 0.15) is 60.8 Å². The first kappa shape index (κ1) is 15.9. The van der Waals surface area contributed by atoms with Crippen LogP contribution in [0.25, 0.3) is 11.1 Å².